The van der Waals surface area contributed by atoms with E-state index in [9.17, 15) is 9.36 Å². The molecule has 0 aromatic heterocycles. The number of ether oxygens (including phenoxy) is 1. The van der Waals surface area contributed by atoms with Crippen LogP contribution in [0.2, 0.25) is 0 Å². The Morgan fingerprint density at radius 1 is 0.938 bits per heavy atom. The summed E-state index contributed by atoms with van der Waals surface area (Å²) in [5.41, 5.74) is 1.41. The molecule has 0 heterocycles. The second-order valence-electron chi connectivity index (χ2n) is 7.57. The molecule has 1 unspecified atom stereocenters. The lowest BCUT2D eigenvalue weighted by atomic mass is 10.0. The van der Waals surface area contributed by atoms with E-state index in [4.69, 9.17) is 4.74 Å². The number of carbonyl (C=O) groups excluding carboxylic acids is 1. The zero-order chi connectivity index (χ0) is 22.8. The standard InChI is InChI=1S/C27H30NO3P/c1-3-4-5-12-17-26(22-18-20-23(21-19-22)27(29)31-2)28-32(30,24-13-8-6-9-14-24)25-15-10-7-11-16-25/h6-21,26H,3-5H2,1-2H3,(H,28,30)/b17-12+. The van der Waals surface area contributed by atoms with Crippen LogP contribution in [0, 0.1) is 0 Å². The van der Waals surface area contributed by atoms with Crippen molar-refractivity contribution in [3.05, 3.63) is 108 Å². The zero-order valence-corrected chi connectivity index (χ0v) is 19.5. The average Bonchev–Trinajstić information content (AvgIpc) is 2.86. The van der Waals surface area contributed by atoms with E-state index in [-0.39, 0.29) is 12.0 Å². The van der Waals surface area contributed by atoms with Crippen molar-refractivity contribution in [3.63, 3.8) is 0 Å². The van der Waals surface area contributed by atoms with Crippen molar-refractivity contribution >= 4 is 23.9 Å². The molecule has 4 nitrogen and oxygen atoms in total. The first-order valence-corrected chi connectivity index (χ1v) is 12.6. The van der Waals surface area contributed by atoms with Gasteiger partial charge in [0.05, 0.1) is 18.7 Å². The molecule has 1 atom stereocenters. The fraction of sp³-hybridized carbons (Fsp3) is 0.222. The van der Waals surface area contributed by atoms with Gasteiger partial charge in [-0.2, -0.15) is 0 Å². The van der Waals surface area contributed by atoms with Crippen LogP contribution < -0.4 is 15.7 Å². The molecule has 3 rings (SSSR count). The maximum atomic E-state index is 14.5. The molecule has 166 valence electrons. The second kappa shape index (κ2) is 11.6. The van der Waals surface area contributed by atoms with Crippen molar-refractivity contribution in [1.82, 2.24) is 5.09 Å². The molecule has 0 saturated heterocycles. The molecular weight excluding hydrogens is 417 g/mol. The van der Waals surface area contributed by atoms with Crippen LogP contribution in [0.15, 0.2) is 97.1 Å². The number of benzene rings is 3. The Balaban J connectivity index is 2.01. The minimum absolute atomic E-state index is 0.287. The minimum Gasteiger partial charge on any atom is -0.465 e. The normalized spacial score (nSPS) is 12.6. The van der Waals surface area contributed by atoms with E-state index in [1.54, 1.807) is 12.1 Å². The van der Waals surface area contributed by atoms with Crippen molar-refractivity contribution in [2.24, 2.45) is 0 Å². The van der Waals surface area contributed by atoms with Crippen molar-refractivity contribution in [2.75, 3.05) is 7.11 Å². The zero-order valence-electron chi connectivity index (χ0n) is 18.6. The highest BCUT2D eigenvalue weighted by atomic mass is 31.2. The Hall–Kier alpha value is -2.94. The third-order valence-electron chi connectivity index (χ3n) is 5.30. The molecule has 0 saturated carbocycles. The lowest BCUT2D eigenvalue weighted by Gasteiger charge is -2.26. The maximum Gasteiger partial charge on any atom is 0.337 e. The summed E-state index contributed by atoms with van der Waals surface area (Å²) in [6.07, 6.45) is 7.37. The largest absolute Gasteiger partial charge is 0.465 e. The number of hydrogen-bond acceptors (Lipinski definition) is 3. The highest BCUT2D eigenvalue weighted by molar-refractivity contribution is 7.76. The van der Waals surface area contributed by atoms with Gasteiger partial charge >= 0.3 is 5.97 Å². The first-order chi connectivity index (χ1) is 15.6. The quantitative estimate of drug-likeness (QED) is 0.185. The van der Waals surface area contributed by atoms with Crippen LogP contribution in [0.4, 0.5) is 0 Å². The molecule has 0 bridgehead atoms. The average molecular weight is 448 g/mol. The van der Waals surface area contributed by atoms with E-state index in [0.29, 0.717) is 5.56 Å². The van der Waals surface area contributed by atoms with Gasteiger partial charge < -0.3 is 4.74 Å². The predicted octanol–water partition coefficient (Wildman–Crippen LogP) is 5.78. The van der Waals surface area contributed by atoms with E-state index in [2.05, 4.69) is 24.2 Å². The maximum absolute atomic E-state index is 14.5. The molecular formula is C27H30NO3P. The number of nitrogens with one attached hydrogen (secondary N) is 1. The topological polar surface area (TPSA) is 55.4 Å². The van der Waals surface area contributed by atoms with Crippen molar-refractivity contribution in [3.8, 4) is 0 Å². The SMILES string of the molecule is CCCC/C=C/C(NP(=O)(c1ccccc1)c1ccccc1)c1ccc(C(=O)OC)cc1. The molecule has 0 amide bonds. The summed E-state index contributed by atoms with van der Waals surface area (Å²) in [6, 6.07) is 26.0. The second-order valence-corrected chi connectivity index (χ2v) is 10.1. The third kappa shape index (κ3) is 5.85. The fourth-order valence-corrected chi connectivity index (χ4v) is 5.90. The van der Waals surface area contributed by atoms with Crippen LogP contribution in [0.25, 0.3) is 0 Å². The van der Waals surface area contributed by atoms with Crippen molar-refractivity contribution in [1.29, 1.82) is 0 Å². The van der Waals surface area contributed by atoms with E-state index in [0.717, 1.165) is 35.4 Å². The predicted molar refractivity (Wildman–Crippen MR) is 132 cm³/mol. The Bertz CT molecular complexity index is 1020. The number of carbonyl (C=O) groups is 1. The van der Waals surface area contributed by atoms with Crippen LogP contribution in [0.5, 0.6) is 0 Å². The third-order valence-corrected chi connectivity index (χ3v) is 8.00. The first-order valence-electron chi connectivity index (χ1n) is 10.9. The number of allylic oxidation sites excluding steroid dienone is 1. The van der Waals surface area contributed by atoms with Crippen LogP contribution in [0.3, 0.4) is 0 Å². The molecule has 0 radical (unpaired) electrons. The Labute approximate surface area is 190 Å². The summed E-state index contributed by atoms with van der Waals surface area (Å²) in [4.78, 5) is 11.8. The van der Waals surface area contributed by atoms with Gasteiger partial charge in [-0.3, -0.25) is 4.57 Å². The minimum atomic E-state index is -3.13. The van der Waals surface area contributed by atoms with Gasteiger partial charge in [0.15, 0.2) is 0 Å². The number of esters is 1. The molecule has 1 N–H and O–H groups in total. The smallest absolute Gasteiger partial charge is 0.337 e. The van der Waals surface area contributed by atoms with Gasteiger partial charge in [0.2, 0.25) is 7.29 Å². The summed E-state index contributed by atoms with van der Waals surface area (Å²) in [5.74, 6) is -0.376. The Kier molecular flexibility index (Phi) is 8.61. The molecule has 0 fully saturated rings. The van der Waals surface area contributed by atoms with Crippen molar-refractivity contribution < 1.29 is 14.1 Å². The van der Waals surface area contributed by atoms with Crippen LogP contribution >= 0.6 is 7.29 Å². The van der Waals surface area contributed by atoms with Crippen LogP contribution in [-0.2, 0) is 9.30 Å². The van der Waals surface area contributed by atoms with Gasteiger partial charge in [0, 0.05) is 10.6 Å². The van der Waals surface area contributed by atoms with E-state index in [1.165, 1.54) is 7.11 Å². The Morgan fingerprint density at radius 3 is 2.00 bits per heavy atom. The summed E-state index contributed by atoms with van der Waals surface area (Å²) < 4.78 is 19.3. The summed E-state index contributed by atoms with van der Waals surface area (Å²) in [5, 5.41) is 4.98. The lowest BCUT2D eigenvalue weighted by molar-refractivity contribution is 0.0600. The summed E-state index contributed by atoms with van der Waals surface area (Å²) >= 11 is 0. The highest BCUT2D eigenvalue weighted by Crippen LogP contribution is 2.42. The fourth-order valence-electron chi connectivity index (χ4n) is 3.50. The highest BCUT2D eigenvalue weighted by Gasteiger charge is 2.29. The van der Waals surface area contributed by atoms with Crippen LogP contribution in [0.1, 0.15) is 48.1 Å². The molecule has 0 aliphatic carbocycles. The number of rotatable bonds is 10. The van der Waals surface area contributed by atoms with E-state index in [1.807, 2.05) is 72.8 Å². The summed E-state index contributed by atoms with van der Waals surface area (Å²) in [7, 11) is -1.76. The molecule has 0 spiro atoms. The molecule has 3 aromatic carbocycles. The van der Waals surface area contributed by atoms with Gasteiger partial charge in [-0.05, 0) is 48.4 Å². The molecule has 0 aliphatic rings. The number of hydrogen-bond donors (Lipinski definition) is 1. The summed E-state index contributed by atoms with van der Waals surface area (Å²) in [6.45, 7) is 2.16. The monoisotopic (exact) mass is 447 g/mol. The van der Waals surface area contributed by atoms with E-state index >= 15 is 0 Å². The first kappa shape index (κ1) is 23.7. The van der Waals surface area contributed by atoms with Crippen LogP contribution in [-0.4, -0.2) is 13.1 Å². The van der Waals surface area contributed by atoms with Crippen molar-refractivity contribution in [2.45, 2.75) is 32.2 Å². The van der Waals surface area contributed by atoms with E-state index < -0.39 is 7.29 Å². The molecule has 32 heavy (non-hydrogen) atoms. The molecule has 0 aliphatic heterocycles. The lowest BCUT2D eigenvalue weighted by Crippen LogP contribution is -2.30. The number of unbranched alkanes of at least 4 members (excludes halogenated alkanes) is 2. The van der Waals surface area contributed by atoms with Gasteiger partial charge in [-0.15, -0.1) is 0 Å². The van der Waals surface area contributed by atoms with Gasteiger partial charge in [-0.1, -0.05) is 80.4 Å². The number of methoxy groups -OCH3 is 1. The van der Waals surface area contributed by atoms with Gasteiger partial charge in [0.1, 0.15) is 0 Å². The molecule has 3 aromatic rings. The molecule has 5 heteroatoms. The van der Waals surface area contributed by atoms with Gasteiger partial charge in [0.25, 0.3) is 0 Å². The Morgan fingerprint density at radius 2 is 1.50 bits per heavy atom. The van der Waals surface area contributed by atoms with Gasteiger partial charge in [-0.25, -0.2) is 9.88 Å².